The van der Waals surface area contributed by atoms with Gasteiger partial charge >= 0.3 is 0 Å². The monoisotopic (exact) mass is 140 g/mol. The van der Waals surface area contributed by atoms with E-state index < -0.39 is 0 Å². The van der Waals surface area contributed by atoms with Gasteiger partial charge in [-0.2, -0.15) is 0 Å². The maximum absolute atomic E-state index is 5.16. The minimum absolute atomic E-state index is 0.334. The minimum atomic E-state index is 0.334. The van der Waals surface area contributed by atoms with Crippen LogP contribution in [0.1, 0.15) is 33.6 Å². The van der Waals surface area contributed by atoms with Gasteiger partial charge in [-0.05, 0) is 24.2 Å². The molecule has 1 saturated heterocycles. The molecule has 1 fully saturated rings. The molecule has 0 aromatic rings. The van der Waals surface area contributed by atoms with Crippen LogP contribution in [0.15, 0.2) is 0 Å². The van der Waals surface area contributed by atoms with Crippen molar-refractivity contribution in [1.29, 1.82) is 0 Å². The van der Waals surface area contributed by atoms with Crippen LogP contribution in [-0.2, 0) is 4.74 Å². The second-order valence-electron chi connectivity index (χ2n) is 4.03. The first-order valence-corrected chi connectivity index (χ1v) is 3.98. The summed E-state index contributed by atoms with van der Waals surface area (Å²) in [5, 5.41) is 0. The lowest BCUT2D eigenvalue weighted by Gasteiger charge is -2.32. The van der Waals surface area contributed by atoms with E-state index in [4.69, 9.17) is 4.74 Å². The van der Waals surface area contributed by atoms with Gasteiger partial charge in [0, 0.05) is 6.61 Å². The molecule has 1 heteroatoms. The van der Waals surface area contributed by atoms with Gasteiger partial charge in [0.05, 0.1) is 0 Å². The van der Waals surface area contributed by atoms with E-state index in [0.717, 1.165) is 6.61 Å². The topological polar surface area (TPSA) is 9.23 Å². The zero-order valence-corrected chi connectivity index (χ0v) is 7.11. The van der Waals surface area contributed by atoms with E-state index in [1.54, 1.807) is 0 Å². The van der Waals surface area contributed by atoms with Gasteiger partial charge < -0.3 is 4.74 Å². The molecule has 1 nitrogen and oxygen atoms in total. The van der Waals surface area contributed by atoms with E-state index >= 15 is 0 Å². The van der Waals surface area contributed by atoms with Crippen molar-refractivity contribution in [2.24, 2.45) is 11.3 Å². The average molecular weight is 140 g/mol. The van der Waals surface area contributed by atoms with Gasteiger partial charge in [0.25, 0.3) is 0 Å². The summed E-state index contributed by atoms with van der Waals surface area (Å²) in [5.41, 5.74) is 0.334. The van der Waals surface area contributed by atoms with E-state index in [1.165, 1.54) is 12.8 Å². The Morgan fingerprint density at radius 1 is 1.40 bits per heavy atom. The van der Waals surface area contributed by atoms with Crippen LogP contribution < -0.4 is 0 Å². The van der Waals surface area contributed by atoms with Gasteiger partial charge in [0.2, 0.25) is 0 Å². The Kier molecular flexibility index (Phi) is 2.35. The number of rotatable bonds is 0. The lowest BCUT2D eigenvalue weighted by molar-refractivity contribution is 0.0661. The summed E-state index contributed by atoms with van der Waals surface area (Å²) in [6, 6.07) is 0. The van der Waals surface area contributed by atoms with Crippen LogP contribution in [0.25, 0.3) is 0 Å². The van der Waals surface area contributed by atoms with Gasteiger partial charge in [0.1, 0.15) is 6.61 Å². The first kappa shape index (κ1) is 8.06. The number of ether oxygens (including phenoxy) is 1. The van der Waals surface area contributed by atoms with E-state index in [2.05, 4.69) is 27.4 Å². The Bertz CT molecular complexity index is 95.8. The Balaban J connectivity index is 2.39. The van der Waals surface area contributed by atoms with Crippen molar-refractivity contribution in [3.8, 4) is 0 Å². The first-order valence-electron chi connectivity index (χ1n) is 3.98. The third-order valence-electron chi connectivity index (χ3n) is 2.01. The third kappa shape index (κ3) is 1.98. The Morgan fingerprint density at radius 3 is 2.40 bits per heavy atom. The van der Waals surface area contributed by atoms with Crippen LogP contribution >= 0.6 is 0 Å². The molecule has 0 aromatic heterocycles. The molecule has 1 rings (SSSR count). The van der Waals surface area contributed by atoms with Crippen molar-refractivity contribution < 1.29 is 4.74 Å². The molecule has 0 spiro atoms. The highest BCUT2D eigenvalue weighted by atomic mass is 16.5. The molecule has 2 radical (unpaired) electrons. The van der Waals surface area contributed by atoms with Crippen LogP contribution in [0.3, 0.4) is 0 Å². The maximum Gasteiger partial charge on any atom is 0.136 e. The van der Waals surface area contributed by atoms with Crippen LogP contribution in [0.4, 0.5) is 0 Å². The predicted octanol–water partition coefficient (Wildman–Crippen LogP) is 2.50. The molecule has 0 aliphatic carbocycles. The first-order chi connectivity index (χ1) is 4.61. The zero-order chi connectivity index (χ0) is 7.61. The SMILES string of the molecule is CC(C)(C)C1[C]OCCC1. The Labute approximate surface area is 63.8 Å². The van der Waals surface area contributed by atoms with Crippen molar-refractivity contribution in [3.63, 3.8) is 0 Å². The zero-order valence-electron chi connectivity index (χ0n) is 7.11. The quantitative estimate of drug-likeness (QED) is 0.502. The molecule has 58 valence electrons. The van der Waals surface area contributed by atoms with Crippen molar-refractivity contribution in [2.45, 2.75) is 33.6 Å². The molecule has 0 N–H and O–H groups in total. The minimum Gasteiger partial charge on any atom is -0.368 e. The summed E-state index contributed by atoms with van der Waals surface area (Å²) in [5.74, 6) is 0.529. The lowest BCUT2D eigenvalue weighted by atomic mass is 9.78. The van der Waals surface area contributed by atoms with Crippen LogP contribution in [0.5, 0.6) is 0 Å². The van der Waals surface area contributed by atoms with E-state index in [1.807, 2.05) is 0 Å². The predicted molar refractivity (Wildman–Crippen MR) is 41.4 cm³/mol. The molecule has 1 aliphatic heterocycles. The van der Waals surface area contributed by atoms with Gasteiger partial charge in [-0.1, -0.05) is 20.8 Å². The molecule has 1 unspecified atom stereocenters. The molecule has 10 heavy (non-hydrogen) atoms. The van der Waals surface area contributed by atoms with Crippen molar-refractivity contribution in [3.05, 3.63) is 6.61 Å². The molecule has 1 heterocycles. The van der Waals surface area contributed by atoms with Crippen LogP contribution in [-0.4, -0.2) is 6.61 Å². The van der Waals surface area contributed by atoms with Crippen LogP contribution in [0.2, 0.25) is 0 Å². The Hall–Kier alpha value is -0.0400. The molecule has 1 aliphatic rings. The summed E-state index contributed by atoms with van der Waals surface area (Å²) in [6.07, 6.45) is 2.43. The maximum atomic E-state index is 5.16. The van der Waals surface area contributed by atoms with E-state index in [0.29, 0.717) is 11.3 Å². The van der Waals surface area contributed by atoms with Crippen molar-refractivity contribution in [2.75, 3.05) is 6.61 Å². The van der Waals surface area contributed by atoms with Gasteiger partial charge in [-0.25, -0.2) is 0 Å². The summed E-state index contributed by atoms with van der Waals surface area (Å²) >= 11 is 0. The van der Waals surface area contributed by atoms with E-state index in [9.17, 15) is 0 Å². The highest BCUT2D eigenvalue weighted by molar-refractivity contribution is 4.82. The fourth-order valence-electron chi connectivity index (χ4n) is 1.19. The third-order valence-corrected chi connectivity index (χ3v) is 2.01. The molecular weight excluding hydrogens is 124 g/mol. The summed E-state index contributed by atoms with van der Waals surface area (Å²) < 4.78 is 5.16. The molecular formula is C9H16O. The smallest absolute Gasteiger partial charge is 0.136 e. The summed E-state index contributed by atoms with van der Waals surface area (Å²) in [7, 11) is 0. The second-order valence-corrected chi connectivity index (χ2v) is 4.03. The van der Waals surface area contributed by atoms with Crippen molar-refractivity contribution >= 4 is 0 Å². The molecule has 0 bridgehead atoms. The Morgan fingerprint density at radius 2 is 2.10 bits per heavy atom. The van der Waals surface area contributed by atoms with E-state index in [-0.39, 0.29) is 0 Å². The molecule has 0 aromatic carbocycles. The highest BCUT2D eigenvalue weighted by Crippen LogP contribution is 2.34. The number of hydrogen-bond donors (Lipinski definition) is 0. The average Bonchev–Trinajstić information content (AvgIpc) is 1.88. The van der Waals surface area contributed by atoms with Crippen LogP contribution in [0, 0.1) is 17.9 Å². The van der Waals surface area contributed by atoms with Gasteiger partial charge in [0.15, 0.2) is 0 Å². The fraction of sp³-hybridized carbons (Fsp3) is 0.889. The van der Waals surface area contributed by atoms with Gasteiger partial charge in [-0.15, -0.1) is 0 Å². The molecule has 0 amide bonds. The lowest BCUT2D eigenvalue weighted by Crippen LogP contribution is -2.25. The number of hydrogen-bond acceptors (Lipinski definition) is 1. The second kappa shape index (κ2) is 2.91. The highest BCUT2D eigenvalue weighted by Gasteiger charge is 2.27. The largest absolute Gasteiger partial charge is 0.368 e. The summed E-state index contributed by atoms with van der Waals surface area (Å²) in [6.45, 7) is 10.6. The van der Waals surface area contributed by atoms with Crippen molar-refractivity contribution in [1.82, 2.24) is 0 Å². The standard InChI is InChI=1S/C9H16O/c1-9(2,3)8-5-4-6-10-7-8/h8H,4-6H2,1-3H3. The van der Waals surface area contributed by atoms with Gasteiger partial charge in [-0.3, -0.25) is 0 Å². The molecule has 0 saturated carbocycles. The fourth-order valence-corrected chi connectivity index (χ4v) is 1.19. The normalized spacial score (nSPS) is 28.5. The summed E-state index contributed by atoms with van der Waals surface area (Å²) in [4.78, 5) is 0. The molecule has 1 atom stereocenters.